The van der Waals surface area contributed by atoms with Gasteiger partial charge in [0.1, 0.15) is 5.78 Å². The Labute approximate surface area is 122 Å². The van der Waals surface area contributed by atoms with Crippen LogP contribution < -0.4 is 0 Å². The van der Waals surface area contributed by atoms with Gasteiger partial charge in [-0.25, -0.2) is 0 Å². The number of hydrogen-bond acceptors (Lipinski definition) is 2. The van der Waals surface area contributed by atoms with Crippen molar-refractivity contribution in [1.82, 2.24) is 0 Å². The number of fused-ring (bicyclic) bond motifs is 5. The highest BCUT2D eigenvalue weighted by Crippen LogP contribution is 2.56. The summed E-state index contributed by atoms with van der Waals surface area (Å²) in [4.78, 5) is 11.7. The predicted molar refractivity (Wildman–Crippen MR) is 78.1 cm³/mol. The monoisotopic (exact) mass is 276 g/mol. The summed E-state index contributed by atoms with van der Waals surface area (Å²) in [5.74, 6) is 5.66. The lowest BCUT2D eigenvalue weighted by Gasteiger charge is -2.54. The van der Waals surface area contributed by atoms with Crippen LogP contribution in [-0.4, -0.2) is 17.0 Å². The van der Waals surface area contributed by atoms with Crippen molar-refractivity contribution < 1.29 is 9.90 Å². The van der Waals surface area contributed by atoms with E-state index in [0.29, 0.717) is 5.78 Å². The number of carbonyl (C=O) groups excluding carboxylic acids is 1. The number of hydrogen-bond donors (Lipinski definition) is 1. The molecule has 0 heterocycles. The zero-order chi connectivity index (χ0) is 13.7. The van der Waals surface area contributed by atoms with Gasteiger partial charge in [-0.3, -0.25) is 4.79 Å². The zero-order valence-electron chi connectivity index (χ0n) is 12.5. The summed E-state index contributed by atoms with van der Waals surface area (Å²) in [5, 5.41) is 9.92. The third kappa shape index (κ3) is 2.15. The van der Waals surface area contributed by atoms with Gasteiger partial charge in [-0.2, -0.15) is 0 Å². The molecule has 4 aliphatic rings. The minimum atomic E-state index is -0.0172. The van der Waals surface area contributed by atoms with Crippen LogP contribution in [0.3, 0.4) is 0 Å². The van der Waals surface area contributed by atoms with E-state index in [9.17, 15) is 9.90 Å². The van der Waals surface area contributed by atoms with E-state index in [-0.39, 0.29) is 6.10 Å². The average molecular weight is 276 g/mol. The number of aliphatic hydroxyl groups excluding tert-OH is 1. The minimum Gasteiger partial charge on any atom is -0.393 e. The molecule has 0 radical (unpaired) electrons. The SMILES string of the molecule is O=C1CC[C@@H]2[C@@H](CC[C@H]3[C@H]2CC[C@@H]2C[C@H](O)CC[C@@H]23)C1. The number of carbonyl (C=O) groups is 1. The third-order valence-electron chi connectivity index (χ3n) is 7.26. The van der Waals surface area contributed by atoms with Gasteiger partial charge in [0.25, 0.3) is 0 Å². The fourth-order valence-corrected chi connectivity index (χ4v) is 6.45. The van der Waals surface area contributed by atoms with E-state index >= 15 is 0 Å². The summed E-state index contributed by atoms with van der Waals surface area (Å²) in [6, 6.07) is 0. The van der Waals surface area contributed by atoms with E-state index in [2.05, 4.69) is 0 Å². The van der Waals surface area contributed by atoms with E-state index in [0.717, 1.165) is 61.2 Å². The van der Waals surface area contributed by atoms with Crippen molar-refractivity contribution in [3.05, 3.63) is 0 Å². The van der Waals surface area contributed by atoms with Crippen molar-refractivity contribution in [3.8, 4) is 0 Å². The highest BCUT2D eigenvalue weighted by molar-refractivity contribution is 5.79. The van der Waals surface area contributed by atoms with E-state index in [1.807, 2.05) is 0 Å². The van der Waals surface area contributed by atoms with E-state index in [1.54, 1.807) is 0 Å². The van der Waals surface area contributed by atoms with Crippen molar-refractivity contribution in [2.75, 3.05) is 0 Å². The molecule has 0 aromatic heterocycles. The molecular formula is C18H28O2. The van der Waals surface area contributed by atoms with Gasteiger partial charge >= 0.3 is 0 Å². The van der Waals surface area contributed by atoms with Crippen LogP contribution in [0.5, 0.6) is 0 Å². The topological polar surface area (TPSA) is 37.3 Å². The maximum Gasteiger partial charge on any atom is 0.133 e. The first-order chi connectivity index (χ1) is 9.72. The fourth-order valence-electron chi connectivity index (χ4n) is 6.45. The Hall–Kier alpha value is -0.370. The molecule has 2 nitrogen and oxygen atoms in total. The Bertz CT molecular complexity index is 391. The molecular weight excluding hydrogens is 248 g/mol. The van der Waals surface area contributed by atoms with Crippen LogP contribution in [0.1, 0.15) is 64.2 Å². The summed E-state index contributed by atoms with van der Waals surface area (Å²) >= 11 is 0. The molecule has 0 bridgehead atoms. The molecule has 4 rings (SSSR count). The largest absolute Gasteiger partial charge is 0.393 e. The Morgan fingerprint density at radius 2 is 1.40 bits per heavy atom. The normalized spacial score (nSPS) is 51.9. The van der Waals surface area contributed by atoms with Gasteiger partial charge in [0.2, 0.25) is 0 Å². The maximum absolute atomic E-state index is 11.7. The Morgan fingerprint density at radius 3 is 2.20 bits per heavy atom. The first kappa shape index (κ1) is 13.3. The summed E-state index contributed by atoms with van der Waals surface area (Å²) in [5.41, 5.74) is 0. The van der Waals surface area contributed by atoms with Gasteiger partial charge in [-0.05, 0) is 86.9 Å². The standard InChI is InChI=1S/C18H28O2/c19-13-3-7-15-11(9-13)1-5-17-16-8-4-14(20)10-12(16)2-6-18(15)17/h11-13,15-19H,1-10H2/t11-,12+,13-,15+,16-,17+,18-/m1/s1. The number of ketones is 1. The van der Waals surface area contributed by atoms with E-state index in [1.165, 1.54) is 38.5 Å². The molecule has 7 atom stereocenters. The van der Waals surface area contributed by atoms with Gasteiger partial charge < -0.3 is 5.11 Å². The molecule has 2 heteroatoms. The van der Waals surface area contributed by atoms with Gasteiger partial charge in [-0.15, -0.1) is 0 Å². The Balaban J connectivity index is 1.51. The van der Waals surface area contributed by atoms with Crippen molar-refractivity contribution in [3.63, 3.8) is 0 Å². The minimum absolute atomic E-state index is 0.0172. The van der Waals surface area contributed by atoms with Gasteiger partial charge in [0.05, 0.1) is 6.10 Å². The van der Waals surface area contributed by atoms with Gasteiger partial charge in [-0.1, -0.05) is 0 Å². The number of aliphatic hydroxyl groups is 1. The molecule has 1 N–H and O–H groups in total. The maximum atomic E-state index is 11.7. The van der Waals surface area contributed by atoms with Crippen LogP contribution in [0.2, 0.25) is 0 Å². The lowest BCUT2D eigenvalue weighted by Crippen LogP contribution is -2.47. The first-order valence-electron chi connectivity index (χ1n) is 8.92. The molecule has 0 aliphatic heterocycles. The molecule has 20 heavy (non-hydrogen) atoms. The number of rotatable bonds is 0. The lowest BCUT2D eigenvalue weighted by molar-refractivity contribution is -0.127. The molecule has 0 unspecified atom stereocenters. The summed E-state index contributed by atoms with van der Waals surface area (Å²) in [6.45, 7) is 0. The molecule has 4 saturated carbocycles. The van der Waals surface area contributed by atoms with Crippen molar-refractivity contribution in [1.29, 1.82) is 0 Å². The molecule has 0 aromatic carbocycles. The average Bonchev–Trinajstić information content (AvgIpc) is 2.45. The van der Waals surface area contributed by atoms with Crippen LogP contribution in [0.25, 0.3) is 0 Å². The highest BCUT2D eigenvalue weighted by Gasteiger charge is 2.49. The van der Waals surface area contributed by atoms with Crippen LogP contribution in [0.4, 0.5) is 0 Å². The van der Waals surface area contributed by atoms with Crippen LogP contribution >= 0.6 is 0 Å². The second-order valence-corrected chi connectivity index (χ2v) is 8.08. The van der Waals surface area contributed by atoms with Crippen molar-refractivity contribution in [2.45, 2.75) is 70.3 Å². The summed E-state index contributed by atoms with van der Waals surface area (Å²) in [6.07, 6.45) is 11.7. The second-order valence-electron chi connectivity index (χ2n) is 8.08. The molecule has 0 saturated heterocycles. The fraction of sp³-hybridized carbons (Fsp3) is 0.944. The third-order valence-corrected chi connectivity index (χ3v) is 7.26. The van der Waals surface area contributed by atoms with Crippen LogP contribution in [-0.2, 0) is 4.79 Å². The molecule has 0 aromatic rings. The molecule has 4 fully saturated rings. The Morgan fingerprint density at radius 1 is 0.750 bits per heavy atom. The van der Waals surface area contributed by atoms with Crippen LogP contribution in [0, 0.1) is 35.5 Å². The lowest BCUT2D eigenvalue weighted by atomic mass is 9.51. The smallest absolute Gasteiger partial charge is 0.133 e. The quantitative estimate of drug-likeness (QED) is 0.734. The van der Waals surface area contributed by atoms with E-state index in [4.69, 9.17) is 0 Å². The van der Waals surface area contributed by atoms with Crippen LogP contribution in [0.15, 0.2) is 0 Å². The van der Waals surface area contributed by atoms with Gasteiger partial charge in [0, 0.05) is 12.8 Å². The molecule has 0 spiro atoms. The molecule has 4 aliphatic carbocycles. The number of Topliss-reactive ketones (excluding diaryl/α,β-unsaturated/α-hetero) is 1. The Kier molecular flexibility index (Phi) is 3.41. The summed E-state index contributed by atoms with van der Waals surface area (Å²) < 4.78 is 0. The van der Waals surface area contributed by atoms with Gasteiger partial charge in [0.15, 0.2) is 0 Å². The summed E-state index contributed by atoms with van der Waals surface area (Å²) in [7, 11) is 0. The highest BCUT2D eigenvalue weighted by atomic mass is 16.3. The van der Waals surface area contributed by atoms with Crippen molar-refractivity contribution >= 4 is 5.78 Å². The first-order valence-corrected chi connectivity index (χ1v) is 8.92. The molecule has 0 amide bonds. The molecule has 112 valence electrons. The van der Waals surface area contributed by atoms with Crippen molar-refractivity contribution in [2.24, 2.45) is 35.5 Å². The second kappa shape index (κ2) is 5.12. The van der Waals surface area contributed by atoms with E-state index < -0.39 is 0 Å². The zero-order valence-corrected chi connectivity index (χ0v) is 12.5. The predicted octanol–water partition coefficient (Wildman–Crippen LogP) is 3.57.